The van der Waals surface area contributed by atoms with Crippen molar-refractivity contribution in [2.75, 3.05) is 7.11 Å². The molecule has 21 heavy (non-hydrogen) atoms. The Morgan fingerprint density at radius 3 is 2.62 bits per heavy atom. The lowest BCUT2D eigenvalue weighted by molar-refractivity contribution is -0.144. The summed E-state index contributed by atoms with van der Waals surface area (Å²) in [6, 6.07) is 0. The molecule has 0 fully saturated rings. The van der Waals surface area contributed by atoms with Crippen molar-refractivity contribution in [3.05, 3.63) is 22.4 Å². The van der Waals surface area contributed by atoms with Crippen LogP contribution in [0.15, 0.2) is 11.1 Å². The van der Waals surface area contributed by atoms with Gasteiger partial charge in [-0.05, 0) is 19.9 Å². The van der Waals surface area contributed by atoms with Gasteiger partial charge in [0.05, 0.1) is 17.7 Å². The third-order valence-electron chi connectivity index (χ3n) is 2.84. The summed E-state index contributed by atoms with van der Waals surface area (Å²) in [6.07, 6.45) is -2.67. The Balaban J connectivity index is 2.24. The van der Waals surface area contributed by atoms with Crippen LogP contribution in [-0.4, -0.2) is 22.5 Å². The third kappa shape index (κ3) is 3.46. The maximum Gasteiger partial charge on any atom is 0.433 e. The average Bonchev–Trinajstić information content (AvgIpc) is 2.85. The Kier molecular flexibility index (Phi) is 4.16. The van der Waals surface area contributed by atoms with E-state index in [2.05, 4.69) is 10.6 Å². The molecule has 5 nitrogen and oxygen atoms in total. The highest BCUT2D eigenvalue weighted by molar-refractivity contribution is 8.02. The van der Waals surface area contributed by atoms with Crippen molar-refractivity contribution in [1.29, 1.82) is 0 Å². The molecule has 0 radical (unpaired) electrons. The fourth-order valence-corrected chi connectivity index (χ4v) is 3.00. The zero-order valence-electron chi connectivity index (χ0n) is 12.0. The monoisotopic (exact) mass is 323 g/mol. The van der Waals surface area contributed by atoms with Crippen molar-refractivity contribution in [3.63, 3.8) is 0 Å². The number of thioether (sulfide) groups is 1. The molecule has 1 aromatic heterocycles. The van der Waals surface area contributed by atoms with E-state index < -0.39 is 17.5 Å². The molecule has 118 valence electrons. The molecule has 1 N–H and O–H groups in total. The van der Waals surface area contributed by atoms with Crippen LogP contribution >= 0.6 is 11.8 Å². The number of halogens is 3. The third-order valence-corrected chi connectivity index (χ3v) is 3.78. The molecule has 1 aliphatic rings. The van der Waals surface area contributed by atoms with Crippen LogP contribution in [0.2, 0.25) is 0 Å². The number of alkyl halides is 3. The number of methoxy groups -OCH3 is 1. The van der Waals surface area contributed by atoms with Gasteiger partial charge in [-0.3, -0.25) is 15.0 Å². The van der Waals surface area contributed by atoms with Crippen LogP contribution in [0.1, 0.15) is 25.1 Å². The molecule has 0 atom stereocenters. The molecule has 0 spiro atoms. The molecule has 1 aromatic rings. The van der Waals surface area contributed by atoms with E-state index in [1.807, 2.05) is 19.9 Å². The largest absolute Gasteiger partial charge is 0.480 e. The van der Waals surface area contributed by atoms with Gasteiger partial charge in [-0.15, -0.1) is 16.9 Å². The van der Waals surface area contributed by atoms with Gasteiger partial charge in [-0.25, -0.2) is 0 Å². The van der Waals surface area contributed by atoms with E-state index in [-0.39, 0.29) is 17.2 Å². The van der Waals surface area contributed by atoms with Gasteiger partial charge >= 0.3 is 6.18 Å². The second kappa shape index (κ2) is 5.45. The van der Waals surface area contributed by atoms with Gasteiger partial charge in [0.2, 0.25) is 5.88 Å². The second-order valence-corrected chi connectivity index (χ2v) is 6.08. The molecule has 2 rings (SSSR count). The first-order chi connectivity index (χ1) is 9.64. The molecule has 1 aliphatic heterocycles. The number of nitrogens with zero attached hydrogens (tertiary/aromatic N) is 2. The van der Waals surface area contributed by atoms with Gasteiger partial charge in [0.25, 0.3) is 0 Å². The number of aryl methyl sites for hydroxylation is 1. The van der Waals surface area contributed by atoms with E-state index in [0.717, 1.165) is 4.68 Å². The molecule has 2 heterocycles. The molecular formula is C12H16F3N3O2S. The maximum atomic E-state index is 13.1. The summed E-state index contributed by atoms with van der Waals surface area (Å²) < 4.78 is 45.0. The predicted molar refractivity (Wildman–Crippen MR) is 72.4 cm³/mol. The summed E-state index contributed by atoms with van der Waals surface area (Å²) >= 11 is 1.20. The normalized spacial score (nSPS) is 17.6. The maximum absolute atomic E-state index is 13.1. The smallest absolute Gasteiger partial charge is 0.433 e. The first-order valence-corrected chi connectivity index (χ1v) is 7.09. The highest BCUT2D eigenvalue weighted by Crippen LogP contribution is 2.39. The number of ether oxygens (including phenoxy) is 1. The number of hydroxylamine groups is 1. The minimum Gasteiger partial charge on any atom is -0.480 e. The van der Waals surface area contributed by atoms with Gasteiger partial charge in [-0.2, -0.15) is 13.2 Å². The van der Waals surface area contributed by atoms with E-state index in [0.29, 0.717) is 5.03 Å². The molecule has 0 amide bonds. The second-order valence-electron chi connectivity index (χ2n) is 5.06. The first-order valence-electron chi connectivity index (χ1n) is 6.11. The summed E-state index contributed by atoms with van der Waals surface area (Å²) in [5.74, 6) is 0.0560. The van der Waals surface area contributed by atoms with Gasteiger partial charge in [0.15, 0.2) is 0 Å². The number of rotatable bonds is 4. The number of nitrogens with one attached hydrogen (secondary N) is 1. The lowest BCUT2D eigenvalue weighted by Crippen LogP contribution is -2.20. The van der Waals surface area contributed by atoms with E-state index in [4.69, 9.17) is 9.57 Å². The standard InChI is InChI=1S/C12H16F3N3O2S/c1-11(2)5-8(17-20-11)21-6-7-9(12(13,14)15)18(3)16-10(7)19-4/h5,17H,6H2,1-4H3. The fourth-order valence-electron chi connectivity index (χ4n) is 1.97. The van der Waals surface area contributed by atoms with Gasteiger partial charge in [-0.1, -0.05) is 0 Å². The fraction of sp³-hybridized carbons (Fsp3) is 0.583. The predicted octanol–water partition coefficient (Wildman–Crippen LogP) is 2.84. The molecule has 0 aliphatic carbocycles. The van der Waals surface area contributed by atoms with E-state index in [1.54, 1.807) is 0 Å². The Morgan fingerprint density at radius 2 is 2.14 bits per heavy atom. The summed E-state index contributed by atoms with van der Waals surface area (Å²) in [5.41, 5.74) is 1.43. The summed E-state index contributed by atoms with van der Waals surface area (Å²) in [4.78, 5) is 5.26. The zero-order valence-corrected chi connectivity index (χ0v) is 12.9. The van der Waals surface area contributed by atoms with Crippen LogP contribution in [0.25, 0.3) is 0 Å². The van der Waals surface area contributed by atoms with E-state index >= 15 is 0 Å². The van der Waals surface area contributed by atoms with Crippen molar-refractivity contribution in [3.8, 4) is 5.88 Å². The number of aromatic nitrogens is 2. The molecule has 9 heteroatoms. The summed E-state index contributed by atoms with van der Waals surface area (Å²) in [7, 11) is 2.55. The average molecular weight is 323 g/mol. The van der Waals surface area contributed by atoms with Crippen molar-refractivity contribution >= 4 is 11.8 Å². The Bertz CT molecular complexity index is 567. The lowest BCUT2D eigenvalue weighted by atomic mass is 10.1. The minimum absolute atomic E-state index is 0.0175. The van der Waals surface area contributed by atoms with E-state index in [1.165, 1.54) is 25.9 Å². The van der Waals surface area contributed by atoms with Crippen molar-refractivity contribution in [1.82, 2.24) is 15.3 Å². The van der Waals surface area contributed by atoms with Crippen molar-refractivity contribution in [2.45, 2.75) is 31.4 Å². The summed E-state index contributed by atoms with van der Waals surface area (Å²) in [5, 5.41) is 4.43. The number of hydrogen-bond donors (Lipinski definition) is 1. The highest BCUT2D eigenvalue weighted by Gasteiger charge is 2.39. The molecule has 0 saturated carbocycles. The van der Waals surface area contributed by atoms with Gasteiger partial charge in [0.1, 0.15) is 11.3 Å². The lowest BCUT2D eigenvalue weighted by Gasteiger charge is -2.11. The van der Waals surface area contributed by atoms with Crippen LogP contribution in [0.3, 0.4) is 0 Å². The summed E-state index contributed by atoms with van der Waals surface area (Å²) in [6.45, 7) is 3.69. The van der Waals surface area contributed by atoms with Crippen LogP contribution in [0.4, 0.5) is 13.2 Å². The topological polar surface area (TPSA) is 48.3 Å². The van der Waals surface area contributed by atoms with Gasteiger partial charge in [0, 0.05) is 12.8 Å². The van der Waals surface area contributed by atoms with Crippen molar-refractivity contribution in [2.24, 2.45) is 7.05 Å². The molecular weight excluding hydrogens is 307 g/mol. The van der Waals surface area contributed by atoms with Crippen LogP contribution in [-0.2, 0) is 23.8 Å². The SMILES string of the molecule is COc1nn(C)c(C(F)(F)F)c1CSC1=CC(C)(C)ON1. The Labute approximate surface area is 124 Å². The van der Waals surface area contributed by atoms with Crippen LogP contribution < -0.4 is 10.2 Å². The Hall–Kier alpha value is -1.35. The van der Waals surface area contributed by atoms with Crippen LogP contribution in [0.5, 0.6) is 5.88 Å². The molecule has 0 unspecified atom stereocenters. The molecule has 0 saturated heterocycles. The zero-order chi connectivity index (χ0) is 15.8. The van der Waals surface area contributed by atoms with E-state index in [9.17, 15) is 13.2 Å². The highest BCUT2D eigenvalue weighted by atomic mass is 32.2. The Morgan fingerprint density at radius 1 is 1.48 bits per heavy atom. The van der Waals surface area contributed by atoms with Crippen LogP contribution in [0, 0.1) is 0 Å². The number of hydrogen-bond acceptors (Lipinski definition) is 5. The molecule has 0 aromatic carbocycles. The molecule has 0 bridgehead atoms. The van der Waals surface area contributed by atoms with Gasteiger partial charge < -0.3 is 4.74 Å². The quantitative estimate of drug-likeness (QED) is 0.923. The first kappa shape index (κ1) is 16.0. The minimum atomic E-state index is -4.48. The van der Waals surface area contributed by atoms with Crippen molar-refractivity contribution < 1.29 is 22.7 Å².